The van der Waals surface area contributed by atoms with E-state index in [-0.39, 0.29) is 11.5 Å². The van der Waals surface area contributed by atoms with Gasteiger partial charge in [0.1, 0.15) is 0 Å². The van der Waals surface area contributed by atoms with Gasteiger partial charge in [-0.3, -0.25) is 9.89 Å². The lowest BCUT2D eigenvalue weighted by Gasteiger charge is -2.40. The van der Waals surface area contributed by atoms with Crippen molar-refractivity contribution in [3.63, 3.8) is 0 Å². The summed E-state index contributed by atoms with van der Waals surface area (Å²) in [5.41, 5.74) is 1.28. The Hall–Kier alpha value is -1.03. The number of H-pyrrole nitrogens is 2. The van der Waals surface area contributed by atoms with Gasteiger partial charge in [0.25, 0.3) is 5.56 Å². The molecule has 1 fully saturated rings. The number of aliphatic hydroxyl groups is 1. The van der Waals surface area contributed by atoms with E-state index in [1.165, 1.54) is 0 Å². The highest BCUT2D eigenvalue weighted by atomic mass is 16.3. The summed E-state index contributed by atoms with van der Waals surface area (Å²) in [6.07, 6.45) is 4.32. The number of aromatic nitrogens is 2. The molecule has 76 valence electrons. The number of nitrogens with one attached hydrogen (secondary N) is 2. The predicted octanol–water partition coefficient (Wildman–Crippen LogP) is 0.648. The highest BCUT2D eigenvalue weighted by molar-refractivity contribution is 5.28. The molecule has 0 spiro atoms. The molecule has 2 aliphatic rings. The van der Waals surface area contributed by atoms with Crippen LogP contribution in [0.3, 0.4) is 0 Å². The first-order valence-electron chi connectivity index (χ1n) is 5.20. The van der Waals surface area contributed by atoms with Crippen LogP contribution in [-0.4, -0.2) is 20.9 Å². The van der Waals surface area contributed by atoms with Crippen molar-refractivity contribution in [1.29, 1.82) is 0 Å². The van der Waals surface area contributed by atoms with E-state index < -0.39 is 5.60 Å². The second kappa shape index (κ2) is 2.51. The van der Waals surface area contributed by atoms with Crippen LogP contribution in [0.1, 0.15) is 42.9 Å². The van der Waals surface area contributed by atoms with Crippen molar-refractivity contribution in [2.75, 3.05) is 0 Å². The molecule has 0 saturated heterocycles. The minimum absolute atomic E-state index is 0.00829. The predicted molar refractivity (Wildman–Crippen MR) is 51.3 cm³/mol. The largest absolute Gasteiger partial charge is 0.389 e. The van der Waals surface area contributed by atoms with Gasteiger partial charge in [0, 0.05) is 17.7 Å². The number of hydrogen-bond donors (Lipinski definition) is 3. The summed E-state index contributed by atoms with van der Waals surface area (Å²) < 4.78 is 0. The van der Waals surface area contributed by atoms with E-state index >= 15 is 0 Å². The van der Waals surface area contributed by atoms with Crippen LogP contribution in [0.5, 0.6) is 0 Å². The highest BCUT2D eigenvalue weighted by Crippen LogP contribution is 2.44. The van der Waals surface area contributed by atoms with Gasteiger partial charge < -0.3 is 10.2 Å². The van der Waals surface area contributed by atoms with Crippen molar-refractivity contribution in [3.05, 3.63) is 21.6 Å². The smallest absolute Gasteiger partial charge is 0.267 e. The summed E-state index contributed by atoms with van der Waals surface area (Å²) in [4.78, 5) is 11.5. The summed E-state index contributed by atoms with van der Waals surface area (Å²) in [5, 5.41) is 15.7. The lowest BCUT2D eigenvalue weighted by atomic mass is 9.68. The van der Waals surface area contributed by atoms with Crippen LogP contribution in [0.15, 0.2) is 4.79 Å². The summed E-state index contributed by atoms with van der Waals surface area (Å²) in [5.74, 6) is 0.271. The minimum atomic E-state index is -0.555. The Balaban J connectivity index is 2.15. The van der Waals surface area contributed by atoms with Crippen LogP contribution < -0.4 is 5.56 Å². The molecule has 1 aromatic heterocycles. The van der Waals surface area contributed by atoms with E-state index in [0.717, 1.165) is 36.9 Å². The Morgan fingerprint density at radius 1 is 1.43 bits per heavy atom. The van der Waals surface area contributed by atoms with Gasteiger partial charge in [-0.25, -0.2) is 0 Å². The van der Waals surface area contributed by atoms with Crippen molar-refractivity contribution in [1.82, 2.24) is 10.2 Å². The van der Waals surface area contributed by atoms with Crippen LogP contribution >= 0.6 is 0 Å². The first-order valence-corrected chi connectivity index (χ1v) is 5.20. The van der Waals surface area contributed by atoms with Crippen LogP contribution in [0.2, 0.25) is 0 Å². The fraction of sp³-hybridized carbons (Fsp3) is 0.700. The molecule has 3 rings (SSSR count). The molecule has 14 heavy (non-hydrogen) atoms. The third-order valence-corrected chi connectivity index (χ3v) is 3.63. The summed E-state index contributed by atoms with van der Waals surface area (Å²) in [7, 11) is 0. The lowest BCUT2D eigenvalue weighted by Crippen LogP contribution is -2.41. The van der Waals surface area contributed by atoms with Crippen molar-refractivity contribution in [2.45, 2.75) is 43.6 Å². The van der Waals surface area contributed by atoms with Gasteiger partial charge in [0.15, 0.2) is 0 Å². The van der Waals surface area contributed by atoms with Crippen molar-refractivity contribution in [2.24, 2.45) is 0 Å². The molecule has 4 nitrogen and oxygen atoms in total. The summed E-state index contributed by atoms with van der Waals surface area (Å²) in [6, 6.07) is 0. The van der Waals surface area contributed by atoms with E-state index in [1.807, 2.05) is 0 Å². The van der Waals surface area contributed by atoms with Gasteiger partial charge in [-0.1, -0.05) is 0 Å². The monoisotopic (exact) mass is 194 g/mol. The topological polar surface area (TPSA) is 68.9 Å². The Labute approximate surface area is 81.3 Å². The maximum Gasteiger partial charge on any atom is 0.267 e. The molecule has 0 aromatic carbocycles. The number of aromatic amines is 2. The third kappa shape index (κ3) is 1.00. The second-order valence-corrected chi connectivity index (χ2v) is 4.67. The maximum atomic E-state index is 11.5. The van der Waals surface area contributed by atoms with Crippen molar-refractivity contribution in [3.8, 4) is 0 Å². The van der Waals surface area contributed by atoms with Gasteiger partial charge in [-0.05, 0) is 31.6 Å². The van der Waals surface area contributed by atoms with Crippen LogP contribution in [0.4, 0.5) is 0 Å². The van der Waals surface area contributed by atoms with Crippen LogP contribution in [-0.2, 0) is 6.42 Å². The molecule has 0 amide bonds. The average Bonchev–Trinajstić information content (AvgIpc) is 2.46. The zero-order valence-electron chi connectivity index (χ0n) is 7.97. The molecule has 0 radical (unpaired) electrons. The molecule has 2 atom stereocenters. The Morgan fingerprint density at radius 2 is 2.29 bits per heavy atom. The molecule has 2 aliphatic carbocycles. The molecule has 1 aromatic rings. The molecule has 0 aliphatic heterocycles. The maximum absolute atomic E-state index is 11.5. The molecule has 4 heteroatoms. The van der Waals surface area contributed by atoms with Crippen LogP contribution in [0, 0.1) is 0 Å². The second-order valence-electron chi connectivity index (χ2n) is 4.67. The fourth-order valence-electron chi connectivity index (χ4n) is 3.05. The average molecular weight is 194 g/mol. The van der Waals surface area contributed by atoms with E-state index in [2.05, 4.69) is 10.2 Å². The van der Waals surface area contributed by atoms with Crippen LogP contribution in [0.25, 0.3) is 0 Å². The van der Waals surface area contributed by atoms with Gasteiger partial charge in [-0.15, -0.1) is 0 Å². The number of rotatable bonds is 0. The zero-order chi connectivity index (χ0) is 9.76. The standard InChI is InChI=1S/C10H14N2O2/c13-9-8-6-2-1-3-10(14,4-6)5-7(8)11-12-9/h6,14H,1-5H2,(H2,11,12,13)/t6-,10-/m0/s1. The van der Waals surface area contributed by atoms with Gasteiger partial charge >= 0.3 is 0 Å². The minimum Gasteiger partial charge on any atom is -0.389 e. The Kier molecular flexibility index (Phi) is 1.49. The molecule has 2 bridgehead atoms. The zero-order valence-corrected chi connectivity index (χ0v) is 7.97. The molecule has 1 saturated carbocycles. The number of fused-ring (bicyclic) bond motifs is 4. The Morgan fingerprint density at radius 3 is 3.14 bits per heavy atom. The molecule has 0 unspecified atom stereocenters. The Bertz CT molecular complexity index is 420. The fourth-order valence-corrected chi connectivity index (χ4v) is 3.05. The van der Waals surface area contributed by atoms with E-state index in [1.54, 1.807) is 0 Å². The lowest BCUT2D eigenvalue weighted by molar-refractivity contribution is -0.0115. The summed E-state index contributed by atoms with van der Waals surface area (Å²) >= 11 is 0. The van der Waals surface area contributed by atoms with Crippen molar-refractivity contribution >= 4 is 0 Å². The first kappa shape index (κ1) is 8.29. The SMILES string of the molecule is O=c1[nH][nH]c2c1[C@H]1CCC[C@@](O)(C2)C1. The summed E-state index contributed by atoms with van der Waals surface area (Å²) in [6.45, 7) is 0. The molecule has 3 N–H and O–H groups in total. The van der Waals surface area contributed by atoms with Gasteiger partial charge in [0.2, 0.25) is 0 Å². The van der Waals surface area contributed by atoms with Gasteiger partial charge in [0.05, 0.1) is 5.60 Å². The van der Waals surface area contributed by atoms with E-state index in [4.69, 9.17) is 0 Å². The van der Waals surface area contributed by atoms with E-state index in [9.17, 15) is 9.90 Å². The van der Waals surface area contributed by atoms with Crippen molar-refractivity contribution < 1.29 is 5.11 Å². The normalized spacial score (nSPS) is 35.4. The number of hydrogen-bond acceptors (Lipinski definition) is 2. The molecule has 1 heterocycles. The van der Waals surface area contributed by atoms with E-state index in [0.29, 0.717) is 6.42 Å². The molecular weight excluding hydrogens is 180 g/mol. The highest BCUT2D eigenvalue weighted by Gasteiger charge is 2.42. The molecular formula is C10H14N2O2. The third-order valence-electron chi connectivity index (χ3n) is 3.63. The quantitative estimate of drug-likeness (QED) is 0.567. The van der Waals surface area contributed by atoms with Gasteiger partial charge in [-0.2, -0.15) is 0 Å². The first-order chi connectivity index (χ1) is 6.68.